The molecule has 1 nitrogen and oxygen atoms in total. The molecule has 0 rings (SSSR count). The van der Waals surface area contributed by atoms with Crippen molar-refractivity contribution in [2.75, 3.05) is 0 Å². The lowest BCUT2D eigenvalue weighted by atomic mass is 10.7. The van der Waals surface area contributed by atoms with Crippen LogP contribution in [-0.2, 0) is 4.74 Å². The first-order chi connectivity index (χ1) is 4.63. The molecule has 1 atom stereocenters. The Morgan fingerprint density at radius 2 is 1.45 bits per heavy atom. The van der Waals surface area contributed by atoms with E-state index < -0.39 is 17.3 Å². The van der Waals surface area contributed by atoms with Gasteiger partial charge in [0.1, 0.15) is 0 Å². The molecule has 0 radical (unpaired) electrons. The Morgan fingerprint density at radius 3 is 1.55 bits per heavy atom. The Morgan fingerprint density at radius 1 is 1.09 bits per heavy atom. The van der Waals surface area contributed by atoms with E-state index in [1.54, 1.807) is 0 Å². The smallest absolute Gasteiger partial charge is 0.278 e. The summed E-state index contributed by atoms with van der Waals surface area (Å²) in [7, 11) is 0. The van der Waals surface area contributed by atoms with Crippen molar-refractivity contribution in [2.24, 2.45) is 0 Å². The van der Waals surface area contributed by atoms with Crippen LogP contribution >= 0.6 is 23.2 Å². The standard InChI is InChI=1S/C3HCl2F5O/c4-3(5,10)11-1(6)2(7,8)9/h1H/t1-/m1/s1. The Labute approximate surface area is 68.0 Å². The molecule has 68 valence electrons. The van der Waals surface area contributed by atoms with Gasteiger partial charge in [-0.05, 0) is 23.2 Å². The summed E-state index contributed by atoms with van der Waals surface area (Å²) in [5, 5.41) is 0. The third-order valence-corrected chi connectivity index (χ3v) is 0.673. The molecule has 11 heavy (non-hydrogen) atoms. The van der Waals surface area contributed by atoms with Gasteiger partial charge in [-0.25, -0.2) is 4.39 Å². The molecule has 0 spiro atoms. The van der Waals surface area contributed by atoms with Crippen molar-refractivity contribution in [1.29, 1.82) is 0 Å². The zero-order chi connectivity index (χ0) is 9.28. The Bertz CT molecular complexity index is 129. The first-order valence-corrected chi connectivity index (χ1v) is 2.84. The van der Waals surface area contributed by atoms with Crippen LogP contribution in [0, 0.1) is 0 Å². The molecule has 0 N–H and O–H groups in total. The van der Waals surface area contributed by atoms with Gasteiger partial charge in [0.05, 0.1) is 0 Å². The molecule has 0 aromatic heterocycles. The summed E-state index contributed by atoms with van der Waals surface area (Å²) in [5.74, 6) is 0. The Hall–Kier alpha value is 0.190. The van der Waals surface area contributed by atoms with E-state index in [2.05, 4.69) is 27.9 Å². The lowest BCUT2D eigenvalue weighted by molar-refractivity contribution is -0.287. The van der Waals surface area contributed by atoms with Crippen LogP contribution < -0.4 is 0 Å². The second-order valence-corrected chi connectivity index (χ2v) is 2.59. The maximum absolute atomic E-state index is 11.7. The molecule has 0 unspecified atom stereocenters. The number of rotatable bonds is 2. The van der Waals surface area contributed by atoms with E-state index in [1.807, 2.05) is 0 Å². The predicted octanol–water partition coefficient (Wildman–Crippen LogP) is 2.92. The molecule has 0 saturated carbocycles. The van der Waals surface area contributed by atoms with Crippen molar-refractivity contribution < 1.29 is 26.7 Å². The maximum Gasteiger partial charge on any atom is 0.445 e. The average molecular weight is 219 g/mol. The van der Waals surface area contributed by atoms with Crippen molar-refractivity contribution in [1.82, 2.24) is 0 Å². The molecule has 0 aromatic rings. The van der Waals surface area contributed by atoms with Gasteiger partial charge in [-0.1, -0.05) is 0 Å². The maximum atomic E-state index is 11.7. The molecule has 0 aliphatic carbocycles. The lowest BCUT2D eigenvalue weighted by Crippen LogP contribution is -2.31. The van der Waals surface area contributed by atoms with E-state index in [-0.39, 0.29) is 0 Å². The molecule has 0 aliphatic heterocycles. The molecule has 0 aliphatic rings. The van der Waals surface area contributed by atoms with Crippen molar-refractivity contribution in [3.63, 3.8) is 0 Å². The van der Waals surface area contributed by atoms with Crippen LogP contribution in [0.15, 0.2) is 0 Å². The highest BCUT2D eigenvalue weighted by Gasteiger charge is 2.46. The van der Waals surface area contributed by atoms with Crippen LogP contribution in [0.2, 0.25) is 0 Å². The van der Waals surface area contributed by atoms with E-state index in [0.29, 0.717) is 0 Å². The summed E-state index contributed by atoms with van der Waals surface area (Å²) in [6.45, 7) is 0. The second kappa shape index (κ2) is 3.28. The number of alkyl halides is 7. The quantitative estimate of drug-likeness (QED) is 0.512. The lowest BCUT2D eigenvalue weighted by Gasteiger charge is -2.16. The van der Waals surface area contributed by atoms with Crippen LogP contribution in [0.25, 0.3) is 0 Å². The van der Waals surface area contributed by atoms with Gasteiger partial charge in [0.2, 0.25) is 0 Å². The minimum atomic E-state index is -5.33. The first-order valence-electron chi connectivity index (χ1n) is 2.08. The van der Waals surface area contributed by atoms with E-state index >= 15 is 0 Å². The van der Waals surface area contributed by atoms with Crippen molar-refractivity contribution >= 4 is 23.2 Å². The predicted molar refractivity (Wildman–Crippen MR) is 27.6 cm³/mol. The molecule has 0 bridgehead atoms. The highest BCUT2D eigenvalue weighted by atomic mass is 35.5. The van der Waals surface area contributed by atoms with Crippen molar-refractivity contribution in [3.05, 3.63) is 0 Å². The molecule has 0 saturated heterocycles. The normalized spacial score (nSPS) is 16.6. The van der Waals surface area contributed by atoms with E-state index in [9.17, 15) is 22.0 Å². The van der Waals surface area contributed by atoms with Crippen LogP contribution in [-0.4, -0.2) is 17.3 Å². The minimum Gasteiger partial charge on any atom is -0.278 e. The van der Waals surface area contributed by atoms with Gasteiger partial charge in [0, 0.05) is 0 Å². The van der Waals surface area contributed by atoms with Gasteiger partial charge in [0.25, 0.3) is 6.36 Å². The monoisotopic (exact) mass is 218 g/mol. The van der Waals surface area contributed by atoms with E-state index in [1.165, 1.54) is 0 Å². The second-order valence-electron chi connectivity index (χ2n) is 1.42. The van der Waals surface area contributed by atoms with Crippen LogP contribution in [0.4, 0.5) is 22.0 Å². The van der Waals surface area contributed by atoms with Crippen LogP contribution in [0.5, 0.6) is 0 Å². The molecule has 0 aromatic carbocycles. The fourth-order valence-electron chi connectivity index (χ4n) is 0.184. The molecule has 8 heteroatoms. The van der Waals surface area contributed by atoms with Gasteiger partial charge < -0.3 is 0 Å². The van der Waals surface area contributed by atoms with Crippen molar-refractivity contribution in [3.8, 4) is 0 Å². The first kappa shape index (κ1) is 11.2. The highest BCUT2D eigenvalue weighted by Crippen LogP contribution is 2.32. The number of ether oxygens (including phenoxy) is 1. The van der Waals surface area contributed by atoms with Crippen LogP contribution in [0.3, 0.4) is 0 Å². The SMILES string of the molecule is F[C@H](OC(F)(Cl)Cl)C(F)(F)F. The van der Waals surface area contributed by atoms with E-state index in [4.69, 9.17) is 0 Å². The van der Waals surface area contributed by atoms with Crippen LogP contribution in [0.1, 0.15) is 0 Å². The molecule has 0 amide bonds. The molecule has 0 heterocycles. The number of hydrogen-bond acceptors (Lipinski definition) is 1. The summed E-state index contributed by atoms with van der Waals surface area (Å²) >= 11 is 8.54. The molecular formula is C3HCl2F5O. The van der Waals surface area contributed by atoms with Gasteiger partial charge >= 0.3 is 10.9 Å². The minimum absolute atomic E-state index is 2.87. The average Bonchev–Trinajstić information content (AvgIpc) is 1.56. The summed E-state index contributed by atoms with van der Waals surface area (Å²) in [5.41, 5.74) is 0. The van der Waals surface area contributed by atoms with Crippen molar-refractivity contribution in [2.45, 2.75) is 17.3 Å². The largest absolute Gasteiger partial charge is 0.445 e. The van der Waals surface area contributed by atoms with Gasteiger partial charge in [-0.2, -0.15) is 17.6 Å². The van der Waals surface area contributed by atoms with Gasteiger partial charge in [-0.15, -0.1) is 0 Å². The zero-order valence-electron chi connectivity index (χ0n) is 4.63. The Balaban J connectivity index is 3.99. The topological polar surface area (TPSA) is 9.23 Å². The number of halogens is 7. The molecular weight excluding hydrogens is 218 g/mol. The molecule has 0 fully saturated rings. The Kier molecular flexibility index (Phi) is 3.34. The van der Waals surface area contributed by atoms with Gasteiger partial charge in [0.15, 0.2) is 0 Å². The highest BCUT2D eigenvalue weighted by molar-refractivity contribution is 6.45. The summed E-state index contributed by atoms with van der Waals surface area (Å²) in [6.07, 6.45) is -9.16. The fourth-order valence-corrected chi connectivity index (χ4v) is 0.341. The zero-order valence-corrected chi connectivity index (χ0v) is 6.14. The van der Waals surface area contributed by atoms with E-state index in [0.717, 1.165) is 0 Å². The fraction of sp³-hybridized carbons (Fsp3) is 1.00. The number of hydrogen-bond donors (Lipinski definition) is 0. The summed E-state index contributed by atoms with van der Waals surface area (Å²) in [6, 6.07) is 0. The third kappa shape index (κ3) is 5.46. The summed E-state index contributed by atoms with van der Waals surface area (Å²) < 4.78 is 56.2. The van der Waals surface area contributed by atoms with Gasteiger partial charge in [-0.3, -0.25) is 4.74 Å². The third-order valence-electron chi connectivity index (χ3n) is 0.494. The summed E-state index contributed by atoms with van der Waals surface area (Å²) in [4.78, 5) is 0.